The van der Waals surface area contributed by atoms with E-state index in [1.165, 1.54) is 12.1 Å². The lowest BCUT2D eigenvalue weighted by Crippen LogP contribution is -2.47. The van der Waals surface area contributed by atoms with Crippen LogP contribution in [0.3, 0.4) is 0 Å². The molecular weight excluding hydrogens is 443 g/mol. The van der Waals surface area contributed by atoms with Gasteiger partial charge in [-0.05, 0) is 50.5 Å². The topological polar surface area (TPSA) is 49.9 Å². The Balaban J connectivity index is 0.000000779. The number of esters is 1. The van der Waals surface area contributed by atoms with E-state index in [1.54, 1.807) is 6.92 Å². The van der Waals surface area contributed by atoms with E-state index in [1.807, 2.05) is 32.9 Å². The molecular formula is C29H49FN2O3. The highest BCUT2D eigenvalue weighted by Gasteiger charge is 2.47. The highest BCUT2D eigenvalue weighted by molar-refractivity contribution is 5.79. The smallest absolute Gasteiger partial charge is 0.312 e. The summed E-state index contributed by atoms with van der Waals surface area (Å²) < 4.78 is 18.9. The molecule has 6 heteroatoms. The van der Waals surface area contributed by atoms with Gasteiger partial charge in [0.25, 0.3) is 0 Å². The van der Waals surface area contributed by atoms with Crippen LogP contribution in [-0.4, -0.2) is 55.5 Å². The molecule has 2 heterocycles. The van der Waals surface area contributed by atoms with Crippen molar-refractivity contribution < 1.29 is 18.7 Å². The molecule has 0 amide bonds. The number of ketones is 1. The van der Waals surface area contributed by atoms with E-state index >= 15 is 0 Å². The maximum atomic E-state index is 13.1. The molecule has 200 valence electrons. The maximum Gasteiger partial charge on any atom is 0.312 e. The van der Waals surface area contributed by atoms with Crippen LogP contribution >= 0.6 is 0 Å². The summed E-state index contributed by atoms with van der Waals surface area (Å²) in [6.45, 7) is 16.6. The van der Waals surface area contributed by atoms with E-state index in [9.17, 15) is 14.0 Å². The molecule has 35 heavy (non-hydrogen) atoms. The minimum Gasteiger partial charge on any atom is -0.462 e. The van der Waals surface area contributed by atoms with Gasteiger partial charge in [0, 0.05) is 51.3 Å². The zero-order valence-corrected chi connectivity index (χ0v) is 23.1. The molecule has 1 unspecified atom stereocenters. The first kappa shape index (κ1) is 31.1. The Bertz CT molecular complexity index is 732. The van der Waals surface area contributed by atoms with Crippen molar-refractivity contribution in [2.45, 2.75) is 99.0 Å². The summed E-state index contributed by atoms with van der Waals surface area (Å²) in [5.41, 5.74) is 0.863. The van der Waals surface area contributed by atoms with E-state index in [4.69, 9.17) is 4.74 Å². The zero-order valence-electron chi connectivity index (χ0n) is 23.1. The minimum absolute atomic E-state index is 0.0499. The highest BCUT2D eigenvalue weighted by atomic mass is 19.1. The Morgan fingerprint density at radius 2 is 1.63 bits per heavy atom. The number of hydrogen-bond donors (Lipinski definition) is 0. The Morgan fingerprint density at radius 3 is 2.14 bits per heavy atom. The van der Waals surface area contributed by atoms with Crippen molar-refractivity contribution in [1.29, 1.82) is 0 Å². The van der Waals surface area contributed by atoms with Gasteiger partial charge in [-0.2, -0.15) is 0 Å². The molecule has 2 fully saturated rings. The molecule has 2 aliphatic rings. The Morgan fingerprint density at radius 1 is 1.03 bits per heavy atom. The number of anilines is 1. The van der Waals surface area contributed by atoms with Crippen LogP contribution in [0.4, 0.5) is 10.1 Å². The lowest BCUT2D eigenvalue weighted by molar-refractivity contribution is -0.149. The number of halogens is 1. The molecule has 0 aromatic heterocycles. The fourth-order valence-electron chi connectivity index (χ4n) is 4.73. The third-order valence-corrected chi connectivity index (χ3v) is 6.89. The van der Waals surface area contributed by atoms with Gasteiger partial charge in [0.1, 0.15) is 17.7 Å². The summed E-state index contributed by atoms with van der Waals surface area (Å²) in [7, 11) is 0. The van der Waals surface area contributed by atoms with Gasteiger partial charge >= 0.3 is 5.97 Å². The molecule has 1 aromatic rings. The molecule has 0 saturated carbocycles. The lowest BCUT2D eigenvalue weighted by Gasteiger charge is -2.36. The number of nitrogens with zero attached hydrogens (tertiary/aromatic N) is 2. The first-order chi connectivity index (χ1) is 16.8. The molecule has 1 aromatic carbocycles. The van der Waals surface area contributed by atoms with Gasteiger partial charge in [0.15, 0.2) is 0 Å². The van der Waals surface area contributed by atoms with Crippen LogP contribution in [0.25, 0.3) is 0 Å². The SMILES string of the molecule is CC.CCC(C)=O.CCCCC1(CCC)C[C@H](CCN2CCN(c3ccc(F)cc3)CC2)OC1=O. The molecule has 2 aliphatic heterocycles. The number of piperazine rings is 1. The van der Waals surface area contributed by atoms with Crippen LogP contribution in [-0.2, 0) is 14.3 Å². The number of rotatable bonds is 10. The molecule has 3 rings (SSSR count). The number of Topliss-reactive ketones (excluding diaryl/α,β-unsaturated/α-hetero) is 1. The molecule has 0 aliphatic carbocycles. The third-order valence-electron chi connectivity index (χ3n) is 6.89. The summed E-state index contributed by atoms with van der Waals surface area (Å²) >= 11 is 0. The summed E-state index contributed by atoms with van der Waals surface area (Å²) in [6.07, 6.45) is 7.77. The second-order valence-electron chi connectivity index (χ2n) is 9.51. The van der Waals surface area contributed by atoms with Crippen LogP contribution in [0.5, 0.6) is 0 Å². The van der Waals surface area contributed by atoms with Crippen LogP contribution in [0, 0.1) is 11.2 Å². The van der Waals surface area contributed by atoms with E-state index < -0.39 is 0 Å². The first-order valence-corrected chi connectivity index (χ1v) is 13.8. The van der Waals surface area contributed by atoms with Gasteiger partial charge in [0.05, 0.1) is 5.41 Å². The maximum absolute atomic E-state index is 13.1. The predicted molar refractivity (Wildman–Crippen MR) is 143 cm³/mol. The zero-order chi connectivity index (χ0) is 26.3. The van der Waals surface area contributed by atoms with Crippen LogP contribution < -0.4 is 4.90 Å². The number of hydrogen-bond acceptors (Lipinski definition) is 5. The summed E-state index contributed by atoms with van der Waals surface area (Å²) in [4.78, 5) is 27.2. The fourth-order valence-corrected chi connectivity index (χ4v) is 4.73. The first-order valence-electron chi connectivity index (χ1n) is 13.8. The monoisotopic (exact) mass is 492 g/mol. The Hall–Kier alpha value is -1.95. The Kier molecular flexibility index (Phi) is 14.8. The van der Waals surface area contributed by atoms with E-state index in [0.29, 0.717) is 6.42 Å². The molecule has 0 N–H and O–H groups in total. The van der Waals surface area contributed by atoms with E-state index in [0.717, 1.165) is 83.4 Å². The van der Waals surface area contributed by atoms with Gasteiger partial charge in [-0.25, -0.2) is 4.39 Å². The van der Waals surface area contributed by atoms with Crippen molar-refractivity contribution in [1.82, 2.24) is 4.90 Å². The number of benzene rings is 1. The van der Waals surface area contributed by atoms with Crippen LogP contribution in [0.1, 0.15) is 92.9 Å². The van der Waals surface area contributed by atoms with Gasteiger partial charge in [-0.3, -0.25) is 9.69 Å². The largest absolute Gasteiger partial charge is 0.462 e. The van der Waals surface area contributed by atoms with Gasteiger partial charge < -0.3 is 14.4 Å². The van der Waals surface area contributed by atoms with Crippen molar-refractivity contribution in [3.63, 3.8) is 0 Å². The van der Waals surface area contributed by atoms with Crippen molar-refractivity contribution in [3.05, 3.63) is 30.1 Å². The third kappa shape index (κ3) is 10.3. The van der Waals surface area contributed by atoms with Crippen LogP contribution in [0.15, 0.2) is 24.3 Å². The normalized spacial score (nSPS) is 22.0. The quantitative estimate of drug-likeness (QED) is 0.343. The van der Waals surface area contributed by atoms with Crippen molar-refractivity contribution >= 4 is 17.4 Å². The number of carbonyl (C=O) groups excluding carboxylic acids is 2. The van der Waals surface area contributed by atoms with Gasteiger partial charge in [-0.15, -0.1) is 0 Å². The number of ether oxygens (including phenoxy) is 1. The second kappa shape index (κ2) is 16.7. The van der Waals surface area contributed by atoms with Gasteiger partial charge in [0.2, 0.25) is 0 Å². The summed E-state index contributed by atoms with van der Waals surface area (Å²) in [5.74, 6) is 0.116. The molecule has 5 nitrogen and oxygen atoms in total. The molecule has 0 radical (unpaired) electrons. The molecule has 2 saturated heterocycles. The van der Waals surface area contributed by atoms with E-state index in [-0.39, 0.29) is 29.1 Å². The lowest BCUT2D eigenvalue weighted by atomic mass is 9.76. The second-order valence-corrected chi connectivity index (χ2v) is 9.51. The summed E-state index contributed by atoms with van der Waals surface area (Å²) in [6, 6.07) is 6.76. The molecule has 0 bridgehead atoms. The van der Waals surface area contributed by atoms with Crippen LogP contribution in [0.2, 0.25) is 0 Å². The predicted octanol–water partition coefficient (Wildman–Crippen LogP) is 6.64. The standard InChI is InChI=1S/C23H35FN2O2.C4H8O.C2H6/c1-3-5-12-23(11-4-2)18-21(28-22(23)27)10-13-25-14-16-26(17-15-25)20-8-6-19(24)7-9-20;1-3-4(2)5;1-2/h6-9,21H,3-5,10-18H2,1-2H3;3H2,1-2H3;1-2H3/t21-,23?;;/m0../s1. The number of cyclic esters (lactones) is 1. The Labute approximate surface area is 213 Å². The molecule has 2 atom stereocenters. The minimum atomic E-state index is -0.225. The van der Waals surface area contributed by atoms with E-state index in [2.05, 4.69) is 23.6 Å². The van der Waals surface area contributed by atoms with Crippen molar-refractivity contribution in [2.75, 3.05) is 37.6 Å². The fraction of sp³-hybridized carbons (Fsp3) is 0.724. The van der Waals surface area contributed by atoms with Crippen molar-refractivity contribution in [2.24, 2.45) is 5.41 Å². The average molecular weight is 493 g/mol. The number of carbonyl (C=O) groups is 2. The van der Waals surface area contributed by atoms with Gasteiger partial charge in [-0.1, -0.05) is 53.9 Å². The van der Waals surface area contributed by atoms with Crippen molar-refractivity contribution in [3.8, 4) is 0 Å². The highest BCUT2D eigenvalue weighted by Crippen LogP contribution is 2.43. The molecule has 0 spiro atoms. The number of unbranched alkanes of at least 4 members (excludes halogenated alkanes) is 1. The average Bonchev–Trinajstić information content (AvgIpc) is 3.19. The summed E-state index contributed by atoms with van der Waals surface area (Å²) in [5, 5.41) is 0.